The Labute approximate surface area is 224 Å². The molecule has 4 heterocycles. The summed E-state index contributed by atoms with van der Waals surface area (Å²) >= 11 is 0. The molecule has 0 saturated carbocycles. The molecule has 3 aliphatic heterocycles. The van der Waals surface area contributed by atoms with Crippen molar-refractivity contribution in [1.29, 1.82) is 0 Å². The van der Waals surface area contributed by atoms with Crippen molar-refractivity contribution >= 4 is 29.2 Å². The van der Waals surface area contributed by atoms with Crippen molar-refractivity contribution < 1.29 is 32.5 Å². The molecule has 212 valence electrons. The number of alkyl halides is 3. The SMILES string of the molecule is CC(C)(C)OC(=O)NC1CCN(c2nc(Nc3ccc(N4CC5CC4CO5)cc3)ncc2C(F)(F)F)CC1O. The molecule has 1 amide bonds. The van der Waals surface area contributed by atoms with Crippen molar-refractivity contribution in [3.8, 4) is 0 Å². The lowest BCUT2D eigenvalue weighted by molar-refractivity contribution is -0.137. The zero-order valence-electron chi connectivity index (χ0n) is 22.0. The van der Waals surface area contributed by atoms with Crippen LogP contribution in [0.3, 0.4) is 0 Å². The second kappa shape index (κ2) is 10.3. The lowest BCUT2D eigenvalue weighted by atomic mass is 10.0. The van der Waals surface area contributed by atoms with Crippen molar-refractivity contribution in [3.05, 3.63) is 36.0 Å². The van der Waals surface area contributed by atoms with E-state index in [2.05, 4.69) is 25.5 Å². The number of morpholine rings is 1. The Morgan fingerprint density at radius 2 is 1.92 bits per heavy atom. The number of fused-ring (bicyclic) bond motifs is 2. The van der Waals surface area contributed by atoms with E-state index in [1.165, 1.54) is 4.90 Å². The Kier molecular flexibility index (Phi) is 7.23. The first-order chi connectivity index (χ1) is 18.4. The fraction of sp³-hybridized carbons (Fsp3) is 0.577. The number of aliphatic hydroxyl groups excluding tert-OH is 1. The second-order valence-corrected chi connectivity index (χ2v) is 11.2. The van der Waals surface area contributed by atoms with E-state index in [4.69, 9.17) is 9.47 Å². The Morgan fingerprint density at radius 3 is 2.51 bits per heavy atom. The summed E-state index contributed by atoms with van der Waals surface area (Å²) in [4.78, 5) is 23.9. The van der Waals surface area contributed by atoms with Crippen LogP contribution in [0, 0.1) is 0 Å². The monoisotopic (exact) mass is 550 g/mol. The fourth-order valence-corrected chi connectivity index (χ4v) is 5.21. The third-order valence-electron chi connectivity index (χ3n) is 7.01. The van der Waals surface area contributed by atoms with Gasteiger partial charge in [-0.15, -0.1) is 0 Å². The maximum absolute atomic E-state index is 13.8. The van der Waals surface area contributed by atoms with E-state index in [0.717, 1.165) is 31.5 Å². The van der Waals surface area contributed by atoms with Crippen molar-refractivity contribution in [2.75, 3.05) is 41.4 Å². The van der Waals surface area contributed by atoms with Gasteiger partial charge in [-0.25, -0.2) is 9.78 Å². The molecule has 0 radical (unpaired) electrons. The van der Waals surface area contributed by atoms with Crippen LogP contribution in [-0.4, -0.2) is 77.3 Å². The van der Waals surface area contributed by atoms with E-state index in [0.29, 0.717) is 11.7 Å². The van der Waals surface area contributed by atoms with Crippen LogP contribution in [0.2, 0.25) is 0 Å². The number of anilines is 4. The van der Waals surface area contributed by atoms with Crippen molar-refractivity contribution in [2.24, 2.45) is 0 Å². The zero-order valence-corrected chi connectivity index (χ0v) is 22.0. The molecule has 13 heteroatoms. The number of amides is 1. The molecule has 10 nitrogen and oxygen atoms in total. The van der Waals surface area contributed by atoms with Crippen LogP contribution in [0.5, 0.6) is 0 Å². The number of aromatic nitrogens is 2. The van der Waals surface area contributed by atoms with Crippen molar-refractivity contribution in [2.45, 2.75) is 69.7 Å². The summed E-state index contributed by atoms with van der Waals surface area (Å²) in [5, 5.41) is 16.2. The number of nitrogens with zero attached hydrogens (tertiary/aromatic N) is 4. The number of hydrogen-bond acceptors (Lipinski definition) is 9. The average Bonchev–Trinajstić information content (AvgIpc) is 3.48. The van der Waals surface area contributed by atoms with Crippen LogP contribution >= 0.6 is 0 Å². The zero-order chi connectivity index (χ0) is 27.9. The smallest absolute Gasteiger partial charge is 0.421 e. The topological polar surface area (TPSA) is 112 Å². The van der Waals surface area contributed by atoms with Crippen LogP contribution in [0.4, 0.5) is 41.1 Å². The normalized spacial score (nSPS) is 25.1. The third-order valence-corrected chi connectivity index (χ3v) is 7.01. The van der Waals surface area contributed by atoms with E-state index < -0.39 is 35.6 Å². The first kappa shape index (κ1) is 27.3. The van der Waals surface area contributed by atoms with E-state index in [9.17, 15) is 23.1 Å². The summed E-state index contributed by atoms with van der Waals surface area (Å²) < 4.78 is 52.4. The highest BCUT2D eigenvalue weighted by Crippen LogP contribution is 2.37. The highest BCUT2D eigenvalue weighted by atomic mass is 19.4. The predicted molar refractivity (Wildman–Crippen MR) is 138 cm³/mol. The summed E-state index contributed by atoms with van der Waals surface area (Å²) in [6.07, 6.45) is -4.27. The number of alkyl carbamates (subject to hydrolysis) is 1. The molecule has 2 bridgehead atoms. The van der Waals surface area contributed by atoms with Crippen LogP contribution in [0.1, 0.15) is 39.2 Å². The van der Waals surface area contributed by atoms with Gasteiger partial charge in [-0.3, -0.25) is 0 Å². The molecule has 39 heavy (non-hydrogen) atoms. The number of nitrogens with one attached hydrogen (secondary N) is 2. The van der Waals surface area contributed by atoms with Gasteiger partial charge in [0.05, 0.1) is 30.9 Å². The third kappa shape index (κ3) is 6.30. The lowest BCUT2D eigenvalue weighted by Gasteiger charge is -2.37. The molecule has 0 aliphatic carbocycles. The van der Waals surface area contributed by atoms with Gasteiger partial charge in [-0.05, 0) is 57.9 Å². The Hall–Kier alpha value is -3.32. The van der Waals surface area contributed by atoms with Crippen LogP contribution in [0.25, 0.3) is 0 Å². The van der Waals surface area contributed by atoms with Gasteiger partial charge in [0, 0.05) is 37.2 Å². The number of ether oxygens (including phenoxy) is 2. The second-order valence-electron chi connectivity index (χ2n) is 11.2. The van der Waals surface area contributed by atoms with Crippen molar-refractivity contribution in [1.82, 2.24) is 15.3 Å². The summed E-state index contributed by atoms with van der Waals surface area (Å²) in [5.74, 6) is -0.331. The average molecular weight is 551 g/mol. The molecule has 4 unspecified atom stereocenters. The molecule has 5 rings (SSSR count). The molecule has 3 N–H and O–H groups in total. The Bertz CT molecular complexity index is 1190. The summed E-state index contributed by atoms with van der Waals surface area (Å²) in [6.45, 7) is 6.68. The number of aliphatic hydroxyl groups is 1. The van der Waals surface area contributed by atoms with Crippen molar-refractivity contribution in [3.63, 3.8) is 0 Å². The number of piperidine rings is 1. The van der Waals surface area contributed by atoms with E-state index in [1.54, 1.807) is 20.8 Å². The van der Waals surface area contributed by atoms with Gasteiger partial charge in [-0.1, -0.05) is 0 Å². The van der Waals surface area contributed by atoms with Crippen LogP contribution < -0.4 is 20.4 Å². The molecular formula is C26H33F3N6O4. The quantitative estimate of drug-likeness (QED) is 0.513. The molecule has 1 aromatic heterocycles. The van der Waals surface area contributed by atoms with E-state index in [-0.39, 0.29) is 37.4 Å². The highest BCUT2D eigenvalue weighted by Gasteiger charge is 2.40. The number of carbonyl (C=O) groups is 1. The van der Waals surface area contributed by atoms with Gasteiger partial charge in [0.2, 0.25) is 5.95 Å². The molecule has 3 fully saturated rings. The summed E-state index contributed by atoms with van der Waals surface area (Å²) in [6, 6.07) is 7.27. The molecule has 3 aliphatic rings. The molecule has 1 aromatic carbocycles. The molecule has 2 aromatic rings. The number of β-amino-alcohol motifs (C(OH)–C–C–N with tert-alkyl or cyclic N) is 1. The van der Waals surface area contributed by atoms with E-state index >= 15 is 0 Å². The minimum Gasteiger partial charge on any atom is -0.444 e. The van der Waals surface area contributed by atoms with E-state index in [1.807, 2.05) is 24.3 Å². The first-order valence-electron chi connectivity index (χ1n) is 13.0. The highest BCUT2D eigenvalue weighted by molar-refractivity contribution is 5.68. The maximum Gasteiger partial charge on any atom is 0.421 e. The number of halogens is 3. The maximum atomic E-state index is 13.8. The predicted octanol–water partition coefficient (Wildman–Crippen LogP) is 3.68. The molecule has 4 atom stereocenters. The van der Waals surface area contributed by atoms with Crippen LogP contribution in [0.15, 0.2) is 30.5 Å². The Balaban J connectivity index is 1.28. The van der Waals surface area contributed by atoms with Gasteiger partial charge >= 0.3 is 12.3 Å². The lowest BCUT2D eigenvalue weighted by Crippen LogP contribution is -2.55. The largest absolute Gasteiger partial charge is 0.444 e. The van der Waals surface area contributed by atoms with Gasteiger partial charge in [0.1, 0.15) is 17.0 Å². The molecular weight excluding hydrogens is 517 g/mol. The van der Waals surface area contributed by atoms with Gasteiger partial charge < -0.3 is 35.0 Å². The number of carbonyl (C=O) groups excluding carboxylic acids is 1. The summed E-state index contributed by atoms with van der Waals surface area (Å²) in [5.41, 5.74) is -0.0294. The van der Waals surface area contributed by atoms with Gasteiger partial charge in [0.25, 0.3) is 0 Å². The fourth-order valence-electron chi connectivity index (χ4n) is 5.21. The standard InChI is InChI=1S/C26H33F3N6O4/c1-25(2,3)39-24(37)32-20-8-9-34(13-21(20)36)22-19(26(27,28)29)11-30-23(33-22)31-15-4-6-16(7-5-15)35-12-18-10-17(35)14-38-18/h4-7,11,17-18,20-21,36H,8-10,12-14H2,1-3H3,(H,32,37)(H,30,31,33). The van der Waals surface area contributed by atoms with Gasteiger partial charge in [0.15, 0.2) is 0 Å². The first-order valence-corrected chi connectivity index (χ1v) is 13.0. The van der Waals surface area contributed by atoms with Crippen LogP contribution in [-0.2, 0) is 15.7 Å². The minimum atomic E-state index is -4.69. The molecule has 0 spiro atoms. The van der Waals surface area contributed by atoms with Gasteiger partial charge in [-0.2, -0.15) is 18.2 Å². The number of rotatable bonds is 5. The summed E-state index contributed by atoms with van der Waals surface area (Å²) in [7, 11) is 0. The number of hydrogen-bond donors (Lipinski definition) is 3. The Morgan fingerprint density at radius 1 is 1.18 bits per heavy atom. The number of benzene rings is 1. The molecule has 3 saturated heterocycles. The minimum absolute atomic E-state index is 0.00266.